The van der Waals surface area contributed by atoms with Gasteiger partial charge in [-0.3, -0.25) is 9.48 Å². The molecule has 0 aliphatic rings. The van der Waals surface area contributed by atoms with Crippen LogP contribution in [-0.2, 0) is 6.54 Å². The van der Waals surface area contributed by atoms with Crippen LogP contribution >= 0.6 is 11.6 Å². The van der Waals surface area contributed by atoms with E-state index in [4.69, 9.17) is 21.1 Å². The molecule has 0 amide bonds. The summed E-state index contributed by atoms with van der Waals surface area (Å²) in [5.74, 6) is 0.982. The van der Waals surface area contributed by atoms with Gasteiger partial charge in [-0.25, -0.2) is 0 Å². The largest absolute Gasteiger partial charge is 0.493 e. The number of nitrogens with zero attached hydrogens (tertiary/aromatic N) is 2. The quantitative estimate of drug-likeness (QED) is 0.401. The predicted molar refractivity (Wildman–Crippen MR) is 115 cm³/mol. The van der Waals surface area contributed by atoms with Crippen LogP contribution in [0.25, 0.3) is 6.08 Å². The zero-order valence-electron chi connectivity index (χ0n) is 16.9. The maximum atomic E-state index is 12.6. The third-order valence-electron chi connectivity index (χ3n) is 4.78. The second-order valence-corrected chi connectivity index (χ2v) is 7.01. The van der Waals surface area contributed by atoms with E-state index in [1.165, 1.54) is 0 Å². The van der Waals surface area contributed by atoms with Gasteiger partial charge in [0.25, 0.3) is 0 Å². The highest BCUT2D eigenvalue weighted by atomic mass is 35.5. The summed E-state index contributed by atoms with van der Waals surface area (Å²) in [5, 5.41) is 5.32. The molecule has 0 atom stereocenters. The van der Waals surface area contributed by atoms with Gasteiger partial charge < -0.3 is 9.47 Å². The summed E-state index contributed by atoms with van der Waals surface area (Å²) in [7, 11) is 3.10. The van der Waals surface area contributed by atoms with Crippen LogP contribution in [-0.4, -0.2) is 29.8 Å². The highest BCUT2D eigenvalue weighted by Crippen LogP contribution is 2.28. The van der Waals surface area contributed by atoms with Crippen molar-refractivity contribution in [2.24, 2.45) is 0 Å². The van der Waals surface area contributed by atoms with Crippen molar-refractivity contribution in [1.29, 1.82) is 0 Å². The SMILES string of the molecule is COc1ccc(C(=O)/C=C/c2c(C)nn(Cc3ccccc3Cl)c2C)cc1OC. The second-order valence-electron chi connectivity index (χ2n) is 6.60. The van der Waals surface area contributed by atoms with Gasteiger partial charge in [0.2, 0.25) is 0 Å². The molecule has 0 fully saturated rings. The zero-order valence-corrected chi connectivity index (χ0v) is 17.7. The summed E-state index contributed by atoms with van der Waals surface area (Å²) < 4.78 is 12.4. The van der Waals surface area contributed by atoms with Crippen molar-refractivity contribution < 1.29 is 14.3 Å². The van der Waals surface area contributed by atoms with Crippen molar-refractivity contribution >= 4 is 23.5 Å². The highest BCUT2D eigenvalue weighted by Gasteiger charge is 2.12. The van der Waals surface area contributed by atoms with Crippen molar-refractivity contribution in [3.05, 3.63) is 81.6 Å². The van der Waals surface area contributed by atoms with E-state index in [1.807, 2.05) is 42.8 Å². The van der Waals surface area contributed by atoms with Crippen molar-refractivity contribution in [2.45, 2.75) is 20.4 Å². The van der Waals surface area contributed by atoms with Gasteiger partial charge >= 0.3 is 0 Å². The van der Waals surface area contributed by atoms with Crippen LogP contribution in [0.4, 0.5) is 0 Å². The Labute approximate surface area is 175 Å². The standard InChI is InChI=1S/C23H23ClN2O3/c1-15-19(16(2)26(25-15)14-18-7-5-6-8-20(18)24)10-11-21(27)17-9-12-22(28-3)23(13-17)29-4/h5-13H,14H2,1-4H3/b11-10+. The van der Waals surface area contributed by atoms with E-state index in [0.717, 1.165) is 22.5 Å². The van der Waals surface area contributed by atoms with E-state index in [-0.39, 0.29) is 5.78 Å². The first-order valence-corrected chi connectivity index (χ1v) is 9.54. The first-order chi connectivity index (χ1) is 13.9. The van der Waals surface area contributed by atoms with Crippen LogP contribution in [0.15, 0.2) is 48.5 Å². The van der Waals surface area contributed by atoms with Gasteiger partial charge in [-0.1, -0.05) is 29.8 Å². The number of halogens is 1. The van der Waals surface area contributed by atoms with Gasteiger partial charge in [-0.15, -0.1) is 0 Å². The predicted octanol–water partition coefficient (Wildman–Crippen LogP) is 5.11. The van der Waals surface area contributed by atoms with Crippen molar-refractivity contribution in [3.8, 4) is 11.5 Å². The lowest BCUT2D eigenvalue weighted by atomic mass is 10.1. The molecule has 1 heterocycles. The number of allylic oxidation sites excluding steroid dienone is 1. The van der Waals surface area contributed by atoms with Crippen LogP contribution in [0, 0.1) is 13.8 Å². The fourth-order valence-corrected chi connectivity index (χ4v) is 3.33. The van der Waals surface area contributed by atoms with E-state index < -0.39 is 0 Å². The van der Waals surface area contributed by atoms with Gasteiger partial charge in [0.1, 0.15) is 0 Å². The Morgan fingerprint density at radius 1 is 1.10 bits per heavy atom. The summed E-state index contributed by atoms with van der Waals surface area (Å²) in [6, 6.07) is 12.8. The molecule has 6 heteroatoms. The minimum atomic E-state index is -0.122. The fraction of sp³-hybridized carbons (Fsp3) is 0.217. The van der Waals surface area contributed by atoms with Crippen LogP contribution < -0.4 is 9.47 Å². The van der Waals surface area contributed by atoms with E-state index in [2.05, 4.69) is 5.10 Å². The summed E-state index contributed by atoms with van der Waals surface area (Å²) in [6.07, 6.45) is 3.36. The lowest BCUT2D eigenvalue weighted by Crippen LogP contribution is -2.04. The van der Waals surface area contributed by atoms with Gasteiger partial charge in [0.15, 0.2) is 17.3 Å². The molecule has 0 aliphatic heterocycles. The van der Waals surface area contributed by atoms with E-state index in [1.54, 1.807) is 44.6 Å². The minimum Gasteiger partial charge on any atom is -0.493 e. The third-order valence-corrected chi connectivity index (χ3v) is 5.15. The molecule has 3 rings (SSSR count). The number of hydrogen-bond acceptors (Lipinski definition) is 4. The van der Waals surface area contributed by atoms with Gasteiger partial charge in [0.05, 0.1) is 26.5 Å². The topological polar surface area (TPSA) is 53.3 Å². The molecule has 0 N–H and O–H groups in total. The number of ether oxygens (including phenoxy) is 2. The first-order valence-electron chi connectivity index (χ1n) is 9.16. The molecule has 0 saturated heterocycles. The Morgan fingerprint density at radius 3 is 2.52 bits per heavy atom. The first kappa shape index (κ1) is 20.7. The van der Waals surface area contributed by atoms with Crippen LogP contribution in [0.1, 0.15) is 32.9 Å². The molecule has 0 unspecified atom stereocenters. The fourth-order valence-electron chi connectivity index (χ4n) is 3.14. The summed E-state index contributed by atoms with van der Waals surface area (Å²) in [4.78, 5) is 12.6. The second kappa shape index (κ2) is 8.97. The maximum Gasteiger partial charge on any atom is 0.185 e. The van der Waals surface area contributed by atoms with Crippen molar-refractivity contribution in [3.63, 3.8) is 0 Å². The molecule has 150 valence electrons. The number of carbonyl (C=O) groups is 1. The van der Waals surface area contributed by atoms with E-state index in [0.29, 0.717) is 28.6 Å². The Kier molecular flexibility index (Phi) is 6.39. The number of benzene rings is 2. The molecular formula is C23H23ClN2O3. The number of aryl methyl sites for hydroxylation is 1. The average Bonchev–Trinajstić information content (AvgIpc) is 2.99. The molecule has 0 bridgehead atoms. The van der Waals surface area contributed by atoms with Gasteiger partial charge in [-0.05, 0) is 55.8 Å². The maximum absolute atomic E-state index is 12.6. The lowest BCUT2D eigenvalue weighted by Gasteiger charge is -2.08. The number of rotatable bonds is 7. The lowest BCUT2D eigenvalue weighted by molar-refractivity contribution is 0.104. The molecule has 0 aliphatic carbocycles. The molecule has 0 radical (unpaired) electrons. The van der Waals surface area contributed by atoms with Crippen molar-refractivity contribution in [1.82, 2.24) is 9.78 Å². The van der Waals surface area contributed by atoms with E-state index in [9.17, 15) is 4.79 Å². The Bertz CT molecular complexity index is 1070. The van der Waals surface area contributed by atoms with Gasteiger partial charge in [0, 0.05) is 21.8 Å². The van der Waals surface area contributed by atoms with Gasteiger partial charge in [-0.2, -0.15) is 5.10 Å². The monoisotopic (exact) mass is 410 g/mol. The van der Waals surface area contributed by atoms with Crippen LogP contribution in [0.5, 0.6) is 11.5 Å². The summed E-state index contributed by atoms with van der Waals surface area (Å²) in [5.41, 5.74) is 4.27. The van der Waals surface area contributed by atoms with Crippen LogP contribution in [0.3, 0.4) is 0 Å². The molecule has 29 heavy (non-hydrogen) atoms. The van der Waals surface area contributed by atoms with E-state index >= 15 is 0 Å². The van der Waals surface area contributed by atoms with Crippen molar-refractivity contribution in [2.75, 3.05) is 14.2 Å². The Balaban J connectivity index is 1.83. The summed E-state index contributed by atoms with van der Waals surface area (Å²) in [6.45, 7) is 4.48. The molecule has 0 spiro atoms. The summed E-state index contributed by atoms with van der Waals surface area (Å²) >= 11 is 6.27. The number of aromatic nitrogens is 2. The molecule has 1 aromatic heterocycles. The Hall–Kier alpha value is -3.05. The van der Waals surface area contributed by atoms with Crippen LogP contribution in [0.2, 0.25) is 5.02 Å². The number of ketones is 1. The third kappa shape index (κ3) is 4.51. The average molecular weight is 411 g/mol. The highest BCUT2D eigenvalue weighted by molar-refractivity contribution is 6.31. The number of methoxy groups -OCH3 is 2. The number of hydrogen-bond donors (Lipinski definition) is 0. The molecular weight excluding hydrogens is 388 g/mol. The Morgan fingerprint density at radius 2 is 1.83 bits per heavy atom. The smallest absolute Gasteiger partial charge is 0.185 e. The normalized spacial score (nSPS) is 11.1. The minimum absolute atomic E-state index is 0.122. The molecule has 3 aromatic rings. The molecule has 2 aromatic carbocycles. The zero-order chi connectivity index (χ0) is 21.0. The molecule has 5 nitrogen and oxygen atoms in total. The molecule has 0 saturated carbocycles. The number of carbonyl (C=O) groups excluding carboxylic acids is 1.